The molecule has 0 unspecified atom stereocenters. The third kappa shape index (κ3) is 9.43. The molecule has 0 fully saturated rings. The molecule has 0 aliphatic heterocycles. The van der Waals surface area contributed by atoms with Gasteiger partial charge in [0, 0.05) is 0 Å². The SMILES string of the molecule is CCN(CC)P(=N[PH](N=P(N(CC)CC)(N(CC)CC)N(CC)CC)(N(CC)CC)N(CC)CC)(N(CC)CC)N(CC)CC. The van der Waals surface area contributed by atoms with E-state index in [4.69, 9.17) is 9.03 Å². The summed E-state index contributed by atoms with van der Waals surface area (Å²) >= 11 is 0. The molecule has 0 spiro atoms. The van der Waals surface area contributed by atoms with Crippen LogP contribution in [0.4, 0.5) is 0 Å². The van der Waals surface area contributed by atoms with Gasteiger partial charge in [-0.3, -0.25) is 0 Å². The molecule has 0 aliphatic carbocycles. The van der Waals surface area contributed by atoms with Crippen molar-refractivity contribution in [1.82, 2.24) is 37.4 Å². The predicted octanol–water partition coefficient (Wildman–Crippen LogP) is 9.02. The second-order valence-corrected chi connectivity index (χ2v) is 20.7. The summed E-state index contributed by atoms with van der Waals surface area (Å²) in [5.74, 6) is 0. The Morgan fingerprint density at radius 2 is 0.444 bits per heavy atom. The van der Waals surface area contributed by atoms with Crippen LogP contribution in [0.1, 0.15) is 111 Å². The molecule has 0 bridgehead atoms. The fourth-order valence-corrected chi connectivity index (χ4v) is 24.5. The van der Waals surface area contributed by atoms with E-state index in [-0.39, 0.29) is 0 Å². The average Bonchev–Trinajstić information content (AvgIpc) is 3.05. The Labute approximate surface area is 284 Å². The van der Waals surface area contributed by atoms with Crippen LogP contribution in [-0.2, 0) is 0 Å². The molecule has 0 aromatic carbocycles. The molecule has 10 nitrogen and oxygen atoms in total. The summed E-state index contributed by atoms with van der Waals surface area (Å²) in [6.07, 6.45) is 0. The second kappa shape index (κ2) is 23.1. The van der Waals surface area contributed by atoms with Gasteiger partial charge in [0.2, 0.25) is 0 Å². The number of nitrogens with zero attached hydrogens (tertiary/aromatic N) is 10. The van der Waals surface area contributed by atoms with E-state index in [1.165, 1.54) is 0 Å². The van der Waals surface area contributed by atoms with Crippen LogP contribution in [0.2, 0.25) is 0 Å². The van der Waals surface area contributed by atoms with E-state index < -0.39 is 22.9 Å². The molecule has 0 saturated heterocycles. The summed E-state index contributed by atoms with van der Waals surface area (Å²) < 4.78 is 35.2. The van der Waals surface area contributed by atoms with Crippen molar-refractivity contribution in [1.29, 1.82) is 0 Å². The fourth-order valence-electron chi connectivity index (χ4n) is 7.20. The van der Waals surface area contributed by atoms with Gasteiger partial charge in [-0.15, -0.1) is 0 Å². The molecule has 0 radical (unpaired) electrons. The van der Waals surface area contributed by atoms with Crippen LogP contribution < -0.4 is 0 Å². The Balaban J connectivity index is 9.57. The van der Waals surface area contributed by atoms with Gasteiger partial charge in [0.15, 0.2) is 0 Å². The van der Waals surface area contributed by atoms with Gasteiger partial charge in [-0.05, 0) is 0 Å². The second-order valence-electron chi connectivity index (χ2n) is 11.1. The Morgan fingerprint density at radius 1 is 0.289 bits per heavy atom. The van der Waals surface area contributed by atoms with E-state index in [1.54, 1.807) is 0 Å². The van der Waals surface area contributed by atoms with Crippen molar-refractivity contribution in [3.63, 3.8) is 0 Å². The first kappa shape index (κ1) is 45.6. The zero-order valence-electron chi connectivity index (χ0n) is 33.2. The minimum absolute atomic E-state index is 0.940. The van der Waals surface area contributed by atoms with Crippen molar-refractivity contribution in [2.24, 2.45) is 9.03 Å². The van der Waals surface area contributed by atoms with Crippen LogP contribution in [-0.4, -0.2) is 142 Å². The molecule has 0 saturated carbocycles. The summed E-state index contributed by atoms with van der Waals surface area (Å²) in [6, 6.07) is 0. The molecule has 13 heteroatoms. The maximum atomic E-state index is 6.65. The monoisotopic (exact) mass is 699 g/mol. The molecule has 0 N–H and O–H groups in total. The number of rotatable bonds is 26. The van der Waals surface area contributed by atoms with Gasteiger partial charge < -0.3 is 0 Å². The van der Waals surface area contributed by atoms with E-state index in [0.29, 0.717) is 0 Å². The summed E-state index contributed by atoms with van der Waals surface area (Å²) in [4.78, 5) is 0. The third-order valence-corrected chi connectivity index (χ3v) is 24.8. The van der Waals surface area contributed by atoms with Crippen LogP contribution >= 0.6 is 22.9 Å². The molecule has 0 rings (SSSR count). The average molecular weight is 699 g/mol. The van der Waals surface area contributed by atoms with Crippen LogP contribution in [0, 0.1) is 0 Å². The normalized spacial score (nSPS) is 14.0. The van der Waals surface area contributed by atoms with Crippen LogP contribution in [0.3, 0.4) is 0 Å². The summed E-state index contributed by atoms with van der Waals surface area (Å²) in [7, 11) is -7.86. The van der Waals surface area contributed by atoms with Crippen molar-refractivity contribution in [3.05, 3.63) is 0 Å². The van der Waals surface area contributed by atoms with E-state index in [2.05, 4.69) is 148 Å². The summed E-state index contributed by atoms with van der Waals surface area (Å²) in [5, 5.41) is 0. The van der Waals surface area contributed by atoms with E-state index in [1.807, 2.05) is 0 Å². The van der Waals surface area contributed by atoms with Gasteiger partial charge in [0.1, 0.15) is 0 Å². The first-order valence-electron chi connectivity index (χ1n) is 18.9. The third-order valence-electron chi connectivity index (χ3n) is 9.57. The van der Waals surface area contributed by atoms with Crippen LogP contribution in [0.25, 0.3) is 0 Å². The molecule has 0 atom stereocenters. The first-order chi connectivity index (χ1) is 21.6. The Hall–Kier alpha value is 0.570. The zero-order valence-corrected chi connectivity index (χ0v) is 36.0. The molecule has 0 aromatic rings. The van der Waals surface area contributed by atoms with Crippen molar-refractivity contribution < 1.29 is 0 Å². The first-order valence-corrected chi connectivity index (χ1v) is 23.9. The van der Waals surface area contributed by atoms with Gasteiger partial charge in [0.25, 0.3) is 0 Å². The van der Waals surface area contributed by atoms with Gasteiger partial charge in [-0.25, -0.2) is 0 Å². The number of hydrogen-bond acceptors (Lipinski definition) is 4. The van der Waals surface area contributed by atoms with Crippen LogP contribution in [0.5, 0.6) is 0 Å². The topological polar surface area (TPSA) is 50.6 Å². The van der Waals surface area contributed by atoms with Gasteiger partial charge in [-0.2, -0.15) is 0 Å². The molecule has 45 heavy (non-hydrogen) atoms. The minimum atomic E-state index is -3.13. The molecule has 0 heterocycles. The van der Waals surface area contributed by atoms with Crippen molar-refractivity contribution >= 4 is 22.9 Å². The van der Waals surface area contributed by atoms with E-state index in [9.17, 15) is 0 Å². The molecule has 0 aromatic heterocycles. The van der Waals surface area contributed by atoms with E-state index in [0.717, 1.165) is 105 Å². The van der Waals surface area contributed by atoms with Crippen molar-refractivity contribution in [2.45, 2.75) is 111 Å². The Bertz CT molecular complexity index is 711. The van der Waals surface area contributed by atoms with Crippen LogP contribution in [0.15, 0.2) is 9.03 Å². The summed E-state index contributed by atoms with van der Waals surface area (Å²) in [6.45, 7) is 53.0. The van der Waals surface area contributed by atoms with E-state index >= 15 is 0 Å². The molecule has 274 valence electrons. The standard InChI is InChI=1S/C32H81N10P3/c1-17-35(18-2)43(36(19-3)20-4,33-44(37(21-5)22-6,38(23-7)24-8)39(25-9)26-10)34-45(40(27-11)28-12,41(29-13)30-14)42(31-15)32-16/h43H,17-32H2,1-16H3. The van der Waals surface area contributed by atoms with Gasteiger partial charge in [-0.1, -0.05) is 0 Å². The number of hydrogen-bond donors (Lipinski definition) is 0. The maximum absolute atomic E-state index is 6.65. The predicted molar refractivity (Wildman–Crippen MR) is 210 cm³/mol. The van der Waals surface area contributed by atoms with Gasteiger partial charge >= 0.3 is 285 Å². The van der Waals surface area contributed by atoms with Crippen molar-refractivity contribution in [2.75, 3.05) is 105 Å². The quantitative estimate of drug-likeness (QED) is 0.0830. The van der Waals surface area contributed by atoms with Crippen molar-refractivity contribution in [3.8, 4) is 0 Å². The zero-order chi connectivity index (χ0) is 34.8. The fraction of sp³-hybridized carbons (Fsp3) is 1.00. The Morgan fingerprint density at radius 3 is 0.556 bits per heavy atom. The molecule has 0 amide bonds. The molecule has 0 aliphatic rings. The molecular formula is C32H81N10P3. The Kier molecular flexibility index (Phi) is 23.4. The van der Waals surface area contributed by atoms with Gasteiger partial charge in [0.05, 0.1) is 0 Å². The molecular weight excluding hydrogens is 617 g/mol. The summed E-state index contributed by atoms with van der Waals surface area (Å²) in [5.41, 5.74) is 0.